The first kappa shape index (κ1) is 14.5. The van der Waals surface area contributed by atoms with E-state index in [1.165, 1.54) is 0 Å². The summed E-state index contributed by atoms with van der Waals surface area (Å²) in [7, 11) is 1.63. The molecule has 0 amide bonds. The average Bonchev–Trinajstić information content (AvgIpc) is 2.48. The van der Waals surface area contributed by atoms with Crippen LogP contribution in [-0.2, 0) is 0 Å². The van der Waals surface area contributed by atoms with Gasteiger partial charge in [-0.25, -0.2) is 0 Å². The summed E-state index contributed by atoms with van der Waals surface area (Å²) in [5.74, 6) is 1.95. The summed E-state index contributed by atoms with van der Waals surface area (Å²) in [6.07, 6.45) is 0. The van der Waals surface area contributed by atoms with Crippen LogP contribution in [0.25, 0.3) is 11.4 Å². The topological polar surface area (TPSA) is 51.1 Å². The van der Waals surface area contributed by atoms with Crippen molar-refractivity contribution >= 4 is 17.5 Å². The molecule has 0 bridgehead atoms. The number of halogens is 1. The van der Waals surface area contributed by atoms with Crippen molar-refractivity contribution in [2.24, 2.45) is 0 Å². The van der Waals surface area contributed by atoms with Crippen LogP contribution >= 0.6 is 11.6 Å². The molecule has 0 spiro atoms. The SMILES string of the molecule is CCN(CC)c1nc(Cl)nc(-c2ccc(OC)cc2)n1. The molecular weight excluding hydrogens is 276 g/mol. The molecule has 1 heterocycles. The first-order valence-electron chi connectivity index (χ1n) is 6.48. The molecule has 5 nitrogen and oxygen atoms in total. The van der Waals surface area contributed by atoms with E-state index in [9.17, 15) is 0 Å². The van der Waals surface area contributed by atoms with Gasteiger partial charge in [-0.05, 0) is 49.7 Å². The molecule has 6 heteroatoms. The molecule has 0 fully saturated rings. The number of rotatable bonds is 5. The van der Waals surface area contributed by atoms with Crippen molar-refractivity contribution < 1.29 is 4.74 Å². The maximum absolute atomic E-state index is 6.00. The lowest BCUT2D eigenvalue weighted by molar-refractivity contribution is 0.415. The Hall–Kier alpha value is -1.88. The fourth-order valence-corrected chi connectivity index (χ4v) is 2.01. The summed E-state index contributed by atoms with van der Waals surface area (Å²) in [5, 5.41) is 0.202. The predicted octanol–water partition coefficient (Wildman–Crippen LogP) is 3.05. The van der Waals surface area contributed by atoms with E-state index in [-0.39, 0.29) is 5.28 Å². The van der Waals surface area contributed by atoms with E-state index in [2.05, 4.69) is 15.0 Å². The minimum Gasteiger partial charge on any atom is -0.497 e. The Morgan fingerprint density at radius 2 is 1.70 bits per heavy atom. The highest BCUT2D eigenvalue weighted by atomic mass is 35.5. The van der Waals surface area contributed by atoms with Gasteiger partial charge in [0.15, 0.2) is 5.82 Å². The Morgan fingerprint density at radius 3 is 2.25 bits per heavy atom. The fraction of sp³-hybridized carbons (Fsp3) is 0.357. The third-order valence-corrected chi connectivity index (χ3v) is 3.16. The molecule has 106 valence electrons. The highest BCUT2D eigenvalue weighted by molar-refractivity contribution is 6.28. The van der Waals surface area contributed by atoms with E-state index < -0.39 is 0 Å². The van der Waals surface area contributed by atoms with Crippen LogP contribution in [0, 0.1) is 0 Å². The Morgan fingerprint density at radius 1 is 1.05 bits per heavy atom. The van der Waals surface area contributed by atoms with Crippen molar-refractivity contribution in [2.45, 2.75) is 13.8 Å². The quantitative estimate of drug-likeness (QED) is 0.848. The molecule has 0 radical (unpaired) electrons. The predicted molar refractivity (Wildman–Crippen MR) is 80.4 cm³/mol. The molecule has 1 aromatic carbocycles. The van der Waals surface area contributed by atoms with Gasteiger partial charge in [0.25, 0.3) is 0 Å². The summed E-state index contributed by atoms with van der Waals surface area (Å²) < 4.78 is 5.14. The summed E-state index contributed by atoms with van der Waals surface area (Å²) in [5.41, 5.74) is 0.878. The standard InChI is InChI=1S/C14H17ClN4O/c1-4-19(5-2)14-17-12(16-13(15)18-14)10-6-8-11(20-3)9-7-10/h6-9H,4-5H2,1-3H3. The zero-order valence-corrected chi connectivity index (χ0v) is 12.6. The second-order valence-corrected chi connectivity index (χ2v) is 4.47. The minimum atomic E-state index is 0.202. The van der Waals surface area contributed by atoms with Gasteiger partial charge in [0.2, 0.25) is 11.2 Å². The number of hydrogen-bond donors (Lipinski definition) is 0. The summed E-state index contributed by atoms with van der Waals surface area (Å²) in [4.78, 5) is 14.9. The molecule has 1 aromatic heterocycles. The van der Waals surface area contributed by atoms with E-state index >= 15 is 0 Å². The van der Waals surface area contributed by atoms with E-state index in [0.29, 0.717) is 11.8 Å². The largest absolute Gasteiger partial charge is 0.497 e. The van der Waals surface area contributed by atoms with Crippen LogP contribution in [0.5, 0.6) is 5.75 Å². The van der Waals surface area contributed by atoms with Crippen LogP contribution in [0.15, 0.2) is 24.3 Å². The summed E-state index contributed by atoms with van der Waals surface area (Å²) >= 11 is 6.00. The van der Waals surface area contributed by atoms with Gasteiger partial charge < -0.3 is 9.64 Å². The Balaban J connectivity index is 2.40. The van der Waals surface area contributed by atoms with Gasteiger partial charge in [0.05, 0.1) is 7.11 Å². The molecule has 0 saturated heterocycles. The van der Waals surface area contributed by atoms with Crippen molar-refractivity contribution in [3.8, 4) is 17.1 Å². The number of ether oxygens (including phenoxy) is 1. The highest BCUT2D eigenvalue weighted by Crippen LogP contribution is 2.22. The highest BCUT2D eigenvalue weighted by Gasteiger charge is 2.11. The number of anilines is 1. The van der Waals surface area contributed by atoms with Crippen LogP contribution in [0.4, 0.5) is 5.95 Å². The Bertz CT molecular complexity index is 570. The Labute approximate surface area is 123 Å². The van der Waals surface area contributed by atoms with Gasteiger partial charge in [0.1, 0.15) is 5.75 Å². The molecule has 0 unspecified atom stereocenters. The number of nitrogens with zero attached hydrogens (tertiary/aromatic N) is 4. The molecular formula is C14H17ClN4O. The average molecular weight is 293 g/mol. The van der Waals surface area contributed by atoms with Crippen molar-refractivity contribution in [3.05, 3.63) is 29.5 Å². The van der Waals surface area contributed by atoms with Crippen molar-refractivity contribution in [1.82, 2.24) is 15.0 Å². The van der Waals surface area contributed by atoms with Crippen molar-refractivity contribution in [2.75, 3.05) is 25.1 Å². The van der Waals surface area contributed by atoms with Crippen LogP contribution in [-0.4, -0.2) is 35.2 Å². The number of hydrogen-bond acceptors (Lipinski definition) is 5. The molecule has 2 rings (SSSR count). The van der Waals surface area contributed by atoms with Crippen molar-refractivity contribution in [3.63, 3.8) is 0 Å². The molecule has 20 heavy (non-hydrogen) atoms. The van der Waals surface area contributed by atoms with Gasteiger partial charge in [0, 0.05) is 18.7 Å². The molecule has 0 aliphatic rings. The third-order valence-electron chi connectivity index (χ3n) is 2.99. The molecule has 0 atom stereocenters. The number of benzene rings is 1. The fourth-order valence-electron chi connectivity index (χ4n) is 1.86. The maximum atomic E-state index is 6.00. The van der Waals surface area contributed by atoms with Crippen LogP contribution in [0.1, 0.15) is 13.8 Å². The first-order valence-corrected chi connectivity index (χ1v) is 6.86. The summed E-state index contributed by atoms with van der Waals surface area (Å²) in [6, 6.07) is 7.53. The van der Waals surface area contributed by atoms with Crippen LogP contribution in [0.2, 0.25) is 5.28 Å². The number of methoxy groups -OCH3 is 1. The lowest BCUT2D eigenvalue weighted by atomic mass is 10.2. The molecule has 0 aliphatic carbocycles. The van der Waals surface area contributed by atoms with Crippen LogP contribution < -0.4 is 9.64 Å². The third kappa shape index (κ3) is 3.17. The smallest absolute Gasteiger partial charge is 0.230 e. The monoisotopic (exact) mass is 292 g/mol. The van der Waals surface area contributed by atoms with Gasteiger partial charge in [-0.2, -0.15) is 15.0 Å². The Kier molecular flexibility index (Phi) is 4.74. The van der Waals surface area contributed by atoms with E-state index in [1.807, 2.05) is 43.0 Å². The maximum Gasteiger partial charge on any atom is 0.230 e. The molecule has 2 aromatic rings. The molecule has 0 N–H and O–H groups in total. The minimum absolute atomic E-state index is 0.202. The summed E-state index contributed by atoms with van der Waals surface area (Å²) in [6.45, 7) is 5.74. The van der Waals surface area contributed by atoms with Crippen molar-refractivity contribution in [1.29, 1.82) is 0 Å². The second kappa shape index (κ2) is 6.52. The van der Waals surface area contributed by atoms with Gasteiger partial charge >= 0.3 is 0 Å². The van der Waals surface area contributed by atoms with E-state index in [1.54, 1.807) is 7.11 Å². The molecule has 0 aliphatic heterocycles. The molecule has 0 saturated carbocycles. The number of aromatic nitrogens is 3. The second-order valence-electron chi connectivity index (χ2n) is 4.13. The van der Waals surface area contributed by atoms with Gasteiger partial charge in [-0.3, -0.25) is 0 Å². The van der Waals surface area contributed by atoms with E-state index in [0.717, 1.165) is 24.4 Å². The van der Waals surface area contributed by atoms with Gasteiger partial charge in [-0.15, -0.1) is 0 Å². The first-order chi connectivity index (χ1) is 9.67. The van der Waals surface area contributed by atoms with Crippen LogP contribution in [0.3, 0.4) is 0 Å². The normalized spacial score (nSPS) is 10.4. The lowest BCUT2D eigenvalue weighted by Crippen LogP contribution is -2.24. The zero-order valence-electron chi connectivity index (χ0n) is 11.8. The lowest BCUT2D eigenvalue weighted by Gasteiger charge is -2.18. The van der Waals surface area contributed by atoms with Gasteiger partial charge in [-0.1, -0.05) is 0 Å². The van der Waals surface area contributed by atoms with E-state index in [4.69, 9.17) is 16.3 Å². The zero-order chi connectivity index (χ0) is 14.5.